The predicted molar refractivity (Wildman–Crippen MR) is 66.9 cm³/mol. The average Bonchev–Trinajstić information content (AvgIpc) is 3.03. The smallest absolute Gasteiger partial charge is 0.407 e. The molecule has 0 radical (unpaired) electrons. The highest BCUT2D eigenvalue weighted by molar-refractivity contribution is 5.86. The van der Waals surface area contributed by atoms with Crippen LogP contribution in [0.5, 0.6) is 0 Å². The molecule has 1 saturated carbocycles. The SMILES string of the molecule is COC(=O)NC(C(=O)N1C[C@@H]2C[C@@H]2[C@H]1C)C(C)C. The van der Waals surface area contributed by atoms with Crippen LogP contribution in [0.4, 0.5) is 4.79 Å². The molecule has 0 spiro atoms. The molecule has 0 aromatic rings. The number of fused-ring (bicyclic) bond motifs is 1. The molecule has 2 aliphatic rings. The van der Waals surface area contributed by atoms with E-state index in [-0.39, 0.29) is 11.8 Å². The van der Waals surface area contributed by atoms with Gasteiger partial charge in [0.05, 0.1) is 7.11 Å². The molecule has 4 atom stereocenters. The first-order valence-corrected chi connectivity index (χ1v) is 6.60. The van der Waals surface area contributed by atoms with E-state index in [1.807, 2.05) is 18.7 Å². The van der Waals surface area contributed by atoms with Crippen LogP contribution in [0.2, 0.25) is 0 Å². The normalized spacial score (nSPS) is 30.9. The summed E-state index contributed by atoms with van der Waals surface area (Å²) in [6.07, 6.45) is 0.709. The lowest BCUT2D eigenvalue weighted by atomic mass is 10.0. The molecule has 102 valence electrons. The highest BCUT2D eigenvalue weighted by Crippen LogP contribution is 2.49. The van der Waals surface area contributed by atoms with Crippen molar-refractivity contribution in [2.45, 2.75) is 39.3 Å². The minimum atomic E-state index is -0.543. The van der Waals surface area contributed by atoms with E-state index in [2.05, 4.69) is 17.0 Å². The van der Waals surface area contributed by atoms with Gasteiger partial charge in [-0.3, -0.25) is 4.79 Å². The van der Waals surface area contributed by atoms with Crippen LogP contribution in [0.25, 0.3) is 0 Å². The third kappa shape index (κ3) is 2.31. The van der Waals surface area contributed by atoms with Crippen LogP contribution in [0.1, 0.15) is 27.2 Å². The molecule has 1 aliphatic carbocycles. The Morgan fingerprint density at radius 3 is 2.50 bits per heavy atom. The van der Waals surface area contributed by atoms with E-state index in [4.69, 9.17) is 0 Å². The van der Waals surface area contributed by atoms with Crippen LogP contribution in [0.3, 0.4) is 0 Å². The van der Waals surface area contributed by atoms with Crippen molar-refractivity contribution in [1.82, 2.24) is 10.2 Å². The van der Waals surface area contributed by atoms with Crippen molar-refractivity contribution in [2.75, 3.05) is 13.7 Å². The summed E-state index contributed by atoms with van der Waals surface area (Å²) in [5.74, 6) is 1.45. The van der Waals surface area contributed by atoms with Crippen LogP contribution >= 0.6 is 0 Å². The summed E-state index contributed by atoms with van der Waals surface area (Å²) in [6.45, 7) is 6.81. The van der Waals surface area contributed by atoms with Crippen LogP contribution in [-0.2, 0) is 9.53 Å². The van der Waals surface area contributed by atoms with Crippen LogP contribution < -0.4 is 5.32 Å². The van der Waals surface area contributed by atoms with E-state index in [0.717, 1.165) is 6.54 Å². The van der Waals surface area contributed by atoms with Gasteiger partial charge in [-0.2, -0.15) is 0 Å². The maximum atomic E-state index is 12.5. The van der Waals surface area contributed by atoms with Gasteiger partial charge in [0.2, 0.25) is 5.91 Å². The fraction of sp³-hybridized carbons (Fsp3) is 0.846. The second kappa shape index (κ2) is 4.78. The van der Waals surface area contributed by atoms with Gasteiger partial charge in [-0.1, -0.05) is 13.8 Å². The van der Waals surface area contributed by atoms with Gasteiger partial charge in [-0.25, -0.2) is 4.79 Å². The number of nitrogens with zero attached hydrogens (tertiary/aromatic N) is 1. The third-order valence-electron chi connectivity index (χ3n) is 4.19. The molecule has 2 fully saturated rings. The third-order valence-corrected chi connectivity index (χ3v) is 4.19. The number of hydrogen-bond donors (Lipinski definition) is 1. The van der Waals surface area contributed by atoms with E-state index < -0.39 is 12.1 Å². The van der Waals surface area contributed by atoms with Gasteiger partial charge in [-0.05, 0) is 31.1 Å². The van der Waals surface area contributed by atoms with Crippen molar-refractivity contribution in [3.05, 3.63) is 0 Å². The number of rotatable bonds is 3. The van der Waals surface area contributed by atoms with Gasteiger partial charge < -0.3 is 15.0 Å². The summed E-state index contributed by atoms with van der Waals surface area (Å²) in [4.78, 5) is 25.7. The van der Waals surface area contributed by atoms with Gasteiger partial charge in [0.25, 0.3) is 0 Å². The van der Waals surface area contributed by atoms with E-state index in [1.54, 1.807) is 0 Å². The molecule has 1 saturated heterocycles. The molecule has 1 heterocycles. The Bertz CT molecular complexity index is 356. The zero-order valence-electron chi connectivity index (χ0n) is 11.5. The Labute approximate surface area is 108 Å². The van der Waals surface area contributed by atoms with Gasteiger partial charge >= 0.3 is 6.09 Å². The number of hydrogen-bond acceptors (Lipinski definition) is 3. The second-order valence-electron chi connectivity index (χ2n) is 5.75. The number of carbonyl (C=O) groups excluding carboxylic acids is 2. The van der Waals surface area contributed by atoms with Crippen molar-refractivity contribution in [3.63, 3.8) is 0 Å². The average molecular weight is 254 g/mol. The van der Waals surface area contributed by atoms with Crippen LogP contribution in [-0.4, -0.2) is 42.6 Å². The summed E-state index contributed by atoms with van der Waals surface area (Å²) in [7, 11) is 1.31. The Morgan fingerprint density at radius 1 is 1.39 bits per heavy atom. The molecule has 2 rings (SSSR count). The molecule has 5 nitrogen and oxygen atoms in total. The maximum Gasteiger partial charge on any atom is 0.407 e. The summed E-state index contributed by atoms with van der Waals surface area (Å²) in [6, 6.07) is -0.180. The van der Waals surface area contributed by atoms with E-state index in [9.17, 15) is 9.59 Å². The topological polar surface area (TPSA) is 58.6 Å². The predicted octanol–water partition coefficient (Wildman–Crippen LogP) is 1.23. The van der Waals surface area contributed by atoms with Crippen molar-refractivity contribution in [3.8, 4) is 0 Å². The molecule has 5 heteroatoms. The number of alkyl carbamates (subject to hydrolysis) is 1. The summed E-state index contributed by atoms with van der Waals surface area (Å²) in [5, 5.41) is 2.64. The fourth-order valence-corrected chi connectivity index (χ4v) is 2.89. The molecule has 1 unspecified atom stereocenters. The number of carbonyl (C=O) groups is 2. The largest absolute Gasteiger partial charge is 0.453 e. The second-order valence-corrected chi connectivity index (χ2v) is 5.75. The Kier molecular flexibility index (Phi) is 3.50. The molecule has 1 N–H and O–H groups in total. The lowest BCUT2D eigenvalue weighted by Gasteiger charge is -2.30. The first-order chi connectivity index (χ1) is 8.45. The monoisotopic (exact) mass is 254 g/mol. The Balaban J connectivity index is 2.01. The fourth-order valence-electron chi connectivity index (χ4n) is 2.89. The van der Waals surface area contributed by atoms with Gasteiger partial charge in [0, 0.05) is 12.6 Å². The first-order valence-electron chi connectivity index (χ1n) is 6.60. The minimum Gasteiger partial charge on any atom is -0.453 e. The molecule has 0 bridgehead atoms. The van der Waals surface area contributed by atoms with Crippen molar-refractivity contribution in [2.24, 2.45) is 17.8 Å². The Morgan fingerprint density at radius 2 is 2.06 bits per heavy atom. The molecule has 18 heavy (non-hydrogen) atoms. The van der Waals surface area contributed by atoms with Crippen molar-refractivity contribution >= 4 is 12.0 Å². The molecule has 0 aromatic heterocycles. The Hall–Kier alpha value is -1.26. The number of nitrogens with one attached hydrogen (secondary N) is 1. The molecular formula is C13H22N2O3. The molecular weight excluding hydrogens is 232 g/mol. The number of amides is 2. The lowest BCUT2D eigenvalue weighted by molar-refractivity contribution is -0.135. The lowest BCUT2D eigenvalue weighted by Crippen LogP contribution is -2.52. The van der Waals surface area contributed by atoms with Crippen LogP contribution in [0.15, 0.2) is 0 Å². The maximum absolute atomic E-state index is 12.5. The highest BCUT2D eigenvalue weighted by atomic mass is 16.5. The summed E-state index contributed by atoms with van der Waals surface area (Å²) >= 11 is 0. The quantitative estimate of drug-likeness (QED) is 0.824. The molecule has 0 aromatic carbocycles. The zero-order chi connectivity index (χ0) is 13.4. The zero-order valence-corrected chi connectivity index (χ0v) is 11.5. The van der Waals surface area contributed by atoms with Crippen molar-refractivity contribution < 1.29 is 14.3 Å². The van der Waals surface area contributed by atoms with Crippen molar-refractivity contribution in [1.29, 1.82) is 0 Å². The highest BCUT2D eigenvalue weighted by Gasteiger charge is 2.52. The van der Waals surface area contributed by atoms with E-state index in [0.29, 0.717) is 17.9 Å². The minimum absolute atomic E-state index is 0.0232. The van der Waals surface area contributed by atoms with E-state index in [1.165, 1.54) is 13.5 Å². The number of piperidine rings is 1. The molecule has 1 aliphatic heterocycles. The number of likely N-dealkylation sites (tertiary alicyclic amines) is 1. The van der Waals surface area contributed by atoms with Crippen LogP contribution in [0, 0.1) is 17.8 Å². The summed E-state index contributed by atoms with van der Waals surface area (Å²) in [5.41, 5.74) is 0. The first kappa shape index (κ1) is 13.2. The summed E-state index contributed by atoms with van der Waals surface area (Å²) < 4.78 is 4.58. The standard InChI is InChI=1S/C13H22N2O3/c1-7(2)11(14-13(17)18-4)12(16)15-6-9-5-10(9)8(15)3/h7-11H,5-6H2,1-4H3,(H,14,17)/t8-,9+,10-,11?/m1/s1. The van der Waals surface area contributed by atoms with E-state index >= 15 is 0 Å². The van der Waals surface area contributed by atoms with Gasteiger partial charge in [0.15, 0.2) is 0 Å². The molecule has 2 amide bonds. The van der Waals surface area contributed by atoms with Gasteiger partial charge in [-0.15, -0.1) is 0 Å². The number of ether oxygens (including phenoxy) is 1. The number of methoxy groups -OCH3 is 1. The van der Waals surface area contributed by atoms with Gasteiger partial charge in [0.1, 0.15) is 6.04 Å².